The van der Waals surface area contributed by atoms with Gasteiger partial charge in [-0.2, -0.15) is 5.90 Å². The lowest BCUT2D eigenvalue weighted by molar-refractivity contribution is 0.329. The molecule has 0 unspecified atom stereocenters. The molecule has 66 valence electrons. The highest BCUT2D eigenvalue weighted by atomic mass is 79.9. The Morgan fingerprint density at radius 3 is 2.58 bits per heavy atom. The summed E-state index contributed by atoms with van der Waals surface area (Å²) in [6.45, 7) is 4.20. The molecular formula is C9H12BrNO. The predicted molar refractivity (Wildman–Crippen MR) is 53.0 cm³/mol. The van der Waals surface area contributed by atoms with Crippen molar-refractivity contribution in [2.75, 3.05) is 0 Å². The average Bonchev–Trinajstić information content (AvgIpc) is 2.04. The maximum atomic E-state index is 5.12. The minimum Gasteiger partial charge on any atom is -0.411 e. The number of hydrogen-bond acceptors (Lipinski definition) is 2. The molecular weight excluding hydrogens is 218 g/mol. The molecule has 0 atom stereocenters. The van der Waals surface area contributed by atoms with Crippen LogP contribution in [0.5, 0.6) is 5.75 Å². The second-order valence-electron chi connectivity index (χ2n) is 2.95. The maximum Gasteiger partial charge on any atom is 0.150 e. The molecule has 0 fully saturated rings. The van der Waals surface area contributed by atoms with Crippen LogP contribution in [0.1, 0.15) is 25.3 Å². The summed E-state index contributed by atoms with van der Waals surface area (Å²) in [6.07, 6.45) is 0. The molecule has 0 saturated heterocycles. The lowest BCUT2D eigenvalue weighted by atomic mass is 10.0. The Kier molecular flexibility index (Phi) is 3.12. The highest BCUT2D eigenvalue weighted by molar-refractivity contribution is 9.10. The third-order valence-electron chi connectivity index (χ3n) is 1.72. The Bertz CT molecular complexity index is 273. The number of rotatable bonds is 2. The standard InChI is InChI=1S/C9H12BrNO/c1-6(2)8-5-7(10)3-4-9(8)12-11/h3-6H,11H2,1-2H3. The van der Waals surface area contributed by atoms with E-state index in [1.807, 2.05) is 18.2 Å². The Labute approximate surface area is 80.8 Å². The van der Waals surface area contributed by atoms with Crippen molar-refractivity contribution >= 4 is 15.9 Å². The minimum absolute atomic E-state index is 0.418. The largest absolute Gasteiger partial charge is 0.411 e. The van der Waals surface area contributed by atoms with Crippen molar-refractivity contribution < 1.29 is 4.84 Å². The first-order chi connectivity index (χ1) is 5.65. The third-order valence-corrected chi connectivity index (χ3v) is 2.21. The predicted octanol–water partition coefficient (Wildman–Crippen LogP) is 2.83. The lowest BCUT2D eigenvalue weighted by Gasteiger charge is -2.10. The molecule has 12 heavy (non-hydrogen) atoms. The van der Waals surface area contributed by atoms with Gasteiger partial charge in [0.1, 0.15) is 5.75 Å². The number of halogens is 1. The van der Waals surface area contributed by atoms with Crippen LogP contribution in [0.2, 0.25) is 0 Å². The van der Waals surface area contributed by atoms with Gasteiger partial charge in [0.25, 0.3) is 0 Å². The highest BCUT2D eigenvalue weighted by Crippen LogP contribution is 2.28. The molecule has 2 N–H and O–H groups in total. The molecule has 0 spiro atoms. The average molecular weight is 230 g/mol. The maximum absolute atomic E-state index is 5.12. The van der Waals surface area contributed by atoms with Gasteiger partial charge in [-0.15, -0.1) is 0 Å². The second-order valence-corrected chi connectivity index (χ2v) is 3.87. The van der Waals surface area contributed by atoms with Crippen LogP contribution in [0.4, 0.5) is 0 Å². The summed E-state index contributed by atoms with van der Waals surface area (Å²) in [4.78, 5) is 4.74. The summed E-state index contributed by atoms with van der Waals surface area (Å²) in [5, 5.41) is 0. The lowest BCUT2D eigenvalue weighted by Crippen LogP contribution is -2.05. The fourth-order valence-corrected chi connectivity index (χ4v) is 1.46. The Hall–Kier alpha value is -0.540. The van der Waals surface area contributed by atoms with Crippen molar-refractivity contribution in [2.24, 2.45) is 5.90 Å². The van der Waals surface area contributed by atoms with E-state index < -0.39 is 0 Å². The van der Waals surface area contributed by atoms with Gasteiger partial charge in [0.15, 0.2) is 0 Å². The van der Waals surface area contributed by atoms with E-state index in [1.54, 1.807) is 0 Å². The summed E-state index contributed by atoms with van der Waals surface area (Å²) < 4.78 is 1.05. The summed E-state index contributed by atoms with van der Waals surface area (Å²) in [6, 6.07) is 5.79. The molecule has 0 radical (unpaired) electrons. The van der Waals surface area contributed by atoms with E-state index in [9.17, 15) is 0 Å². The molecule has 2 nitrogen and oxygen atoms in total. The van der Waals surface area contributed by atoms with Crippen LogP contribution in [0.15, 0.2) is 22.7 Å². The van der Waals surface area contributed by atoms with Crippen LogP contribution in [-0.4, -0.2) is 0 Å². The van der Waals surface area contributed by atoms with Crippen molar-refractivity contribution in [3.05, 3.63) is 28.2 Å². The molecule has 0 amide bonds. The summed E-state index contributed by atoms with van der Waals surface area (Å²) >= 11 is 3.40. The smallest absolute Gasteiger partial charge is 0.150 e. The summed E-state index contributed by atoms with van der Waals surface area (Å²) in [7, 11) is 0. The van der Waals surface area contributed by atoms with Crippen LogP contribution in [0.3, 0.4) is 0 Å². The molecule has 3 heteroatoms. The van der Waals surface area contributed by atoms with Crippen molar-refractivity contribution in [3.8, 4) is 5.75 Å². The van der Waals surface area contributed by atoms with Gasteiger partial charge < -0.3 is 4.84 Å². The van der Waals surface area contributed by atoms with Gasteiger partial charge in [-0.05, 0) is 24.1 Å². The van der Waals surface area contributed by atoms with Gasteiger partial charge in [-0.1, -0.05) is 29.8 Å². The second kappa shape index (κ2) is 3.92. The zero-order valence-corrected chi connectivity index (χ0v) is 8.76. The van der Waals surface area contributed by atoms with Crippen LogP contribution in [0, 0.1) is 0 Å². The first-order valence-corrected chi connectivity index (χ1v) is 4.60. The SMILES string of the molecule is CC(C)c1cc(Br)ccc1ON. The van der Waals surface area contributed by atoms with E-state index in [4.69, 9.17) is 10.7 Å². The van der Waals surface area contributed by atoms with Gasteiger partial charge in [0.05, 0.1) is 0 Å². The molecule has 0 aromatic heterocycles. The van der Waals surface area contributed by atoms with E-state index in [2.05, 4.69) is 29.8 Å². The fourth-order valence-electron chi connectivity index (χ4n) is 1.08. The van der Waals surface area contributed by atoms with Crippen molar-refractivity contribution in [1.29, 1.82) is 0 Å². The zero-order chi connectivity index (χ0) is 9.14. The van der Waals surface area contributed by atoms with Crippen LogP contribution in [0.25, 0.3) is 0 Å². The van der Waals surface area contributed by atoms with Gasteiger partial charge in [-0.3, -0.25) is 0 Å². The monoisotopic (exact) mass is 229 g/mol. The fraction of sp³-hybridized carbons (Fsp3) is 0.333. The van der Waals surface area contributed by atoms with E-state index >= 15 is 0 Å². The topological polar surface area (TPSA) is 35.2 Å². The Morgan fingerprint density at radius 2 is 2.08 bits per heavy atom. The molecule has 0 saturated carbocycles. The minimum atomic E-state index is 0.418. The van der Waals surface area contributed by atoms with Gasteiger partial charge in [-0.25, -0.2) is 0 Å². The first-order valence-electron chi connectivity index (χ1n) is 3.81. The quantitative estimate of drug-likeness (QED) is 0.793. The molecule has 0 aliphatic heterocycles. The number of nitrogens with two attached hydrogens (primary N) is 1. The van der Waals surface area contributed by atoms with Gasteiger partial charge in [0, 0.05) is 10.0 Å². The molecule has 1 rings (SSSR count). The van der Waals surface area contributed by atoms with Crippen molar-refractivity contribution in [1.82, 2.24) is 0 Å². The van der Waals surface area contributed by atoms with Gasteiger partial charge >= 0.3 is 0 Å². The number of benzene rings is 1. The summed E-state index contributed by atoms with van der Waals surface area (Å²) in [5.74, 6) is 6.28. The van der Waals surface area contributed by atoms with Crippen molar-refractivity contribution in [3.63, 3.8) is 0 Å². The summed E-state index contributed by atoms with van der Waals surface area (Å²) in [5.41, 5.74) is 1.12. The molecule has 0 aliphatic rings. The Morgan fingerprint density at radius 1 is 1.42 bits per heavy atom. The third kappa shape index (κ3) is 1.99. The van der Waals surface area contributed by atoms with Gasteiger partial charge in [0.2, 0.25) is 0 Å². The van der Waals surface area contributed by atoms with Crippen molar-refractivity contribution in [2.45, 2.75) is 19.8 Å². The first kappa shape index (κ1) is 9.55. The van der Waals surface area contributed by atoms with Crippen LogP contribution < -0.4 is 10.7 Å². The molecule has 1 aromatic carbocycles. The van der Waals surface area contributed by atoms with Crippen LogP contribution >= 0.6 is 15.9 Å². The normalized spacial score (nSPS) is 10.4. The molecule has 0 heterocycles. The van der Waals surface area contributed by atoms with E-state index in [0.717, 1.165) is 15.8 Å². The zero-order valence-electron chi connectivity index (χ0n) is 7.17. The molecule has 0 bridgehead atoms. The molecule has 1 aromatic rings. The van der Waals surface area contributed by atoms with Crippen LogP contribution in [-0.2, 0) is 0 Å². The highest BCUT2D eigenvalue weighted by Gasteiger charge is 2.07. The number of hydrogen-bond donors (Lipinski definition) is 1. The molecule has 0 aliphatic carbocycles. The van der Waals surface area contributed by atoms with E-state index in [1.165, 1.54) is 0 Å². The van der Waals surface area contributed by atoms with E-state index in [0.29, 0.717) is 5.92 Å². The Balaban J connectivity index is 3.12. The van der Waals surface area contributed by atoms with E-state index in [-0.39, 0.29) is 0 Å².